The van der Waals surface area contributed by atoms with Crippen molar-refractivity contribution in [1.82, 2.24) is 4.90 Å². The van der Waals surface area contributed by atoms with Crippen LogP contribution in [-0.2, 0) is 6.54 Å². The van der Waals surface area contributed by atoms with Gasteiger partial charge in [-0.15, -0.1) is 0 Å². The van der Waals surface area contributed by atoms with Gasteiger partial charge in [0, 0.05) is 13.1 Å². The molecule has 17 heavy (non-hydrogen) atoms. The molecule has 0 aliphatic carbocycles. The molecule has 0 radical (unpaired) electrons. The molecule has 4 nitrogen and oxygen atoms in total. The summed E-state index contributed by atoms with van der Waals surface area (Å²) in [5, 5.41) is 0. The van der Waals surface area contributed by atoms with E-state index in [0.717, 1.165) is 32.5 Å². The SMILES string of the molecule is NCCC[C@@H]1CN(Cc2ccccc2)C(N)=N1. The second kappa shape index (κ2) is 5.68. The number of nitrogens with two attached hydrogens (primary N) is 2. The van der Waals surface area contributed by atoms with Crippen LogP contribution in [0.3, 0.4) is 0 Å². The smallest absolute Gasteiger partial charge is 0.191 e. The molecule has 1 aliphatic heterocycles. The first-order valence-electron chi connectivity index (χ1n) is 6.12. The zero-order valence-corrected chi connectivity index (χ0v) is 10.0. The Morgan fingerprint density at radius 2 is 2.06 bits per heavy atom. The Labute approximate surface area is 102 Å². The van der Waals surface area contributed by atoms with Crippen LogP contribution in [0.25, 0.3) is 0 Å². The number of aliphatic imine (C=N–C) groups is 1. The Morgan fingerprint density at radius 3 is 2.76 bits per heavy atom. The molecule has 0 amide bonds. The van der Waals surface area contributed by atoms with E-state index in [1.165, 1.54) is 5.56 Å². The van der Waals surface area contributed by atoms with Gasteiger partial charge in [0.05, 0.1) is 6.04 Å². The van der Waals surface area contributed by atoms with Gasteiger partial charge in [0.1, 0.15) is 0 Å². The molecule has 0 saturated heterocycles. The van der Waals surface area contributed by atoms with E-state index in [0.29, 0.717) is 12.0 Å². The Bertz CT molecular complexity index is 374. The van der Waals surface area contributed by atoms with E-state index in [9.17, 15) is 0 Å². The molecule has 4 heteroatoms. The first kappa shape index (κ1) is 11.9. The lowest BCUT2D eigenvalue weighted by atomic mass is 10.1. The fraction of sp³-hybridized carbons (Fsp3) is 0.462. The van der Waals surface area contributed by atoms with Gasteiger partial charge in [-0.3, -0.25) is 0 Å². The molecule has 0 fully saturated rings. The second-order valence-corrected chi connectivity index (χ2v) is 4.44. The van der Waals surface area contributed by atoms with Gasteiger partial charge in [-0.05, 0) is 24.9 Å². The Balaban J connectivity index is 1.90. The van der Waals surface area contributed by atoms with Gasteiger partial charge in [0.15, 0.2) is 5.96 Å². The Morgan fingerprint density at radius 1 is 1.29 bits per heavy atom. The molecule has 0 unspecified atom stereocenters. The lowest BCUT2D eigenvalue weighted by Gasteiger charge is -2.18. The van der Waals surface area contributed by atoms with Gasteiger partial charge in [-0.1, -0.05) is 30.3 Å². The predicted molar refractivity (Wildman–Crippen MR) is 70.6 cm³/mol. The number of rotatable bonds is 5. The Kier molecular flexibility index (Phi) is 3.98. The molecule has 0 spiro atoms. The maximum atomic E-state index is 5.93. The van der Waals surface area contributed by atoms with Crippen LogP contribution in [0.5, 0.6) is 0 Å². The van der Waals surface area contributed by atoms with Crippen LogP contribution in [0.4, 0.5) is 0 Å². The maximum absolute atomic E-state index is 5.93. The van der Waals surface area contributed by atoms with Crippen LogP contribution < -0.4 is 11.5 Å². The maximum Gasteiger partial charge on any atom is 0.191 e. The fourth-order valence-corrected chi connectivity index (χ4v) is 2.12. The van der Waals surface area contributed by atoms with E-state index in [-0.39, 0.29) is 0 Å². The summed E-state index contributed by atoms with van der Waals surface area (Å²) in [6, 6.07) is 10.7. The summed E-state index contributed by atoms with van der Waals surface area (Å²) < 4.78 is 0. The highest BCUT2D eigenvalue weighted by Gasteiger charge is 2.22. The lowest BCUT2D eigenvalue weighted by molar-refractivity contribution is 0.403. The third-order valence-corrected chi connectivity index (χ3v) is 3.03. The minimum Gasteiger partial charge on any atom is -0.370 e. The van der Waals surface area contributed by atoms with Crippen molar-refractivity contribution >= 4 is 5.96 Å². The van der Waals surface area contributed by atoms with Crippen molar-refractivity contribution in [1.29, 1.82) is 0 Å². The minimum atomic E-state index is 0.322. The number of benzene rings is 1. The number of guanidine groups is 1. The van der Waals surface area contributed by atoms with Crippen molar-refractivity contribution in [2.45, 2.75) is 25.4 Å². The minimum absolute atomic E-state index is 0.322. The van der Waals surface area contributed by atoms with Crippen LogP contribution in [-0.4, -0.2) is 30.0 Å². The lowest BCUT2D eigenvalue weighted by Crippen LogP contribution is -2.34. The van der Waals surface area contributed by atoms with Crippen LogP contribution in [0.2, 0.25) is 0 Å². The summed E-state index contributed by atoms with van der Waals surface area (Å²) in [6.07, 6.45) is 2.04. The van der Waals surface area contributed by atoms with E-state index < -0.39 is 0 Å². The van der Waals surface area contributed by atoms with E-state index in [1.807, 2.05) is 18.2 Å². The van der Waals surface area contributed by atoms with Crippen molar-refractivity contribution in [3.05, 3.63) is 35.9 Å². The van der Waals surface area contributed by atoms with E-state index in [4.69, 9.17) is 11.5 Å². The van der Waals surface area contributed by atoms with Gasteiger partial charge < -0.3 is 16.4 Å². The highest BCUT2D eigenvalue weighted by molar-refractivity contribution is 5.80. The van der Waals surface area contributed by atoms with Crippen LogP contribution in [0.1, 0.15) is 18.4 Å². The van der Waals surface area contributed by atoms with E-state index >= 15 is 0 Å². The van der Waals surface area contributed by atoms with Gasteiger partial charge in [-0.2, -0.15) is 0 Å². The highest BCUT2D eigenvalue weighted by atomic mass is 15.3. The molecule has 1 atom stereocenters. The summed E-state index contributed by atoms with van der Waals surface area (Å²) in [6.45, 7) is 2.49. The van der Waals surface area contributed by atoms with Crippen LogP contribution in [0.15, 0.2) is 35.3 Å². The van der Waals surface area contributed by atoms with Gasteiger partial charge in [0.25, 0.3) is 0 Å². The van der Waals surface area contributed by atoms with Crippen molar-refractivity contribution in [2.24, 2.45) is 16.5 Å². The quantitative estimate of drug-likeness (QED) is 0.793. The number of hydrogen-bond acceptors (Lipinski definition) is 4. The van der Waals surface area contributed by atoms with Gasteiger partial charge in [0.2, 0.25) is 0 Å². The molecule has 1 aromatic carbocycles. The summed E-state index contributed by atoms with van der Waals surface area (Å²) >= 11 is 0. The molecule has 0 bridgehead atoms. The van der Waals surface area contributed by atoms with Crippen molar-refractivity contribution in [3.8, 4) is 0 Å². The van der Waals surface area contributed by atoms with E-state index in [1.54, 1.807) is 0 Å². The topological polar surface area (TPSA) is 67.6 Å². The number of hydrogen-bond donors (Lipinski definition) is 2. The summed E-state index contributed by atoms with van der Waals surface area (Å²) in [4.78, 5) is 6.60. The molecular weight excluding hydrogens is 212 g/mol. The van der Waals surface area contributed by atoms with Crippen molar-refractivity contribution in [3.63, 3.8) is 0 Å². The van der Waals surface area contributed by atoms with Crippen molar-refractivity contribution in [2.75, 3.05) is 13.1 Å². The molecule has 0 saturated carbocycles. The zero-order valence-electron chi connectivity index (χ0n) is 10.0. The summed E-state index contributed by atoms with van der Waals surface area (Å²) in [5.41, 5.74) is 12.7. The molecule has 92 valence electrons. The van der Waals surface area contributed by atoms with E-state index in [2.05, 4.69) is 22.0 Å². The highest BCUT2D eigenvalue weighted by Crippen LogP contribution is 2.14. The molecule has 2 rings (SSSR count). The molecule has 1 heterocycles. The first-order valence-corrected chi connectivity index (χ1v) is 6.12. The molecular formula is C13H20N4. The fourth-order valence-electron chi connectivity index (χ4n) is 2.12. The predicted octanol–water partition coefficient (Wildman–Crippen LogP) is 0.924. The first-order chi connectivity index (χ1) is 8.29. The van der Waals surface area contributed by atoms with Gasteiger partial charge >= 0.3 is 0 Å². The Hall–Kier alpha value is -1.55. The van der Waals surface area contributed by atoms with Crippen molar-refractivity contribution < 1.29 is 0 Å². The standard InChI is InChI=1S/C13H20N4/c14-8-4-7-12-10-17(13(15)16-12)9-11-5-2-1-3-6-11/h1-3,5-6,12H,4,7-10,14H2,(H2,15,16)/t12-/m1/s1. The monoisotopic (exact) mass is 232 g/mol. The molecule has 1 aromatic rings. The molecule has 0 aromatic heterocycles. The normalized spacial score (nSPS) is 19.5. The summed E-state index contributed by atoms with van der Waals surface area (Å²) in [5.74, 6) is 0.663. The average molecular weight is 232 g/mol. The second-order valence-electron chi connectivity index (χ2n) is 4.44. The van der Waals surface area contributed by atoms with Crippen LogP contribution in [0, 0.1) is 0 Å². The van der Waals surface area contributed by atoms with Crippen LogP contribution >= 0.6 is 0 Å². The molecule has 4 N–H and O–H groups in total. The molecule has 1 aliphatic rings. The largest absolute Gasteiger partial charge is 0.370 e. The van der Waals surface area contributed by atoms with Gasteiger partial charge in [-0.25, -0.2) is 4.99 Å². The zero-order chi connectivity index (χ0) is 12.1. The third kappa shape index (κ3) is 3.20. The number of nitrogens with zero attached hydrogens (tertiary/aromatic N) is 2. The third-order valence-electron chi connectivity index (χ3n) is 3.03. The average Bonchev–Trinajstić information content (AvgIpc) is 2.69. The summed E-state index contributed by atoms with van der Waals surface area (Å²) in [7, 11) is 0.